The molecule has 0 aliphatic carbocycles. The molecule has 0 radical (unpaired) electrons. The van der Waals surface area contributed by atoms with Crippen LogP contribution in [0.4, 0.5) is 5.69 Å². The van der Waals surface area contributed by atoms with Crippen LogP contribution >= 0.6 is 0 Å². The number of hydrogen-bond donors (Lipinski definition) is 7. The van der Waals surface area contributed by atoms with Gasteiger partial charge in [-0.15, -0.1) is 0 Å². The van der Waals surface area contributed by atoms with Gasteiger partial charge in [-0.3, -0.25) is 4.79 Å². The smallest absolute Gasteiger partial charge is 0.336 e. The molecule has 0 bridgehead atoms. The predicted molar refractivity (Wildman–Crippen MR) is 164 cm³/mol. The molecule has 0 aliphatic rings. The van der Waals surface area contributed by atoms with Crippen LogP contribution in [0.5, 0.6) is 11.5 Å². The van der Waals surface area contributed by atoms with Crippen LogP contribution in [0.3, 0.4) is 0 Å². The summed E-state index contributed by atoms with van der Waals surface area (Å²) in [5, 5.41) is 49.7. The van der Waals surface area contributed by atoms with Crippen LogP contribution in [0.25, 0.3) is 0 Å². The number of hydroxylamine groups is 1. The number of carboxylic acid groups (broad SMARTS) is 4. The lowest BCUT2D eigenvalue weighted by Crippen LogP contribution is -2.21. The Labute approximate surface area is 266 Å². The molecule has 242 valence electrons. The van der Waals surface area contributed by atoms with E-state index < -0.39 is 35.8 Å². The zero-order chi connectivity index (χ0) is 34.1. The van der Waals surface area contributed by atoms with Crippen LogP contribution in [0, 0.1) is 0 Å². The first-order chi connectivity index (χ1) is 22.5. The van der Waals surface area contributed by atoms with Crippen molar-refractivity contribution < 1.29 is 59.1 Å². The van der Waals surface area contributed by atoms with E-state index in [9.17, 15) is 49.6 Å². The molecular formula is C33H28N2O12. The second-order valence-corrected chi connectivity index (χ2v) is 9.94. The van der Waals surface area contributed by atoms with Gasteiger partial charge in [0.25, 0.3) is 5.91 Å². The lowest BCUT2D eigenvalue weighted by molar-refractivity contribution is 0.0677. The molecule has 0 aromatic heterocycles. The van der Waals surface area contributed by atoms with E-state index >= 15 is 0 Å². The summed E-state index contributed by atoms with van der Waals surface area (Å²) < 4.78 is 11.4. The summed E-state index contributed by atoms with van der Waals surface area (Å²) in [4.78, 5) is 58.5. The van der Waals surface area contributed by atoms with Crippen molar-refractivity contribution in [1.82, 2.24) is 5.48 Å². The van der Waals surface area contributed by atoms with Crippen molar-refractivity contribution in [2.24, 2.45) is 0 Å². The predicted octanol–water partition coefficient (Wildman–Crippen LogP) is 4.65. The number of aromatic carboxylic acids is 4. The third-order valence-corrected chi connectivity index (χ3v) is 6.86. The fourth-order valence-corrected chi connectivity index (χ4v) is 4.53. The van der Waals surface area contributed by atoms with Gasteiger partial charge in [0.2, 0.25) is 0 Å². The van der Waals surface area contributed by atoms with Gasteiger partial charge in [-0.25, -0.2) is 19.2 Å². The topological polar surface area (TPSA) is 229 Å². The minimum Gasteiger partial charge on any atom is -0.493 e. The summed E-state index contributed by atoms with van der Waals surface area (Å²) in [6.07, 6.45) is 0.489. The fraction of sp³-hybridized carbons (Fsp3) is 0.121. The maximum absolute atomic E-state index is 12.7. The zero-order valence-electron chi connectivity index (χ0n) is 24.4. The second kappa shape index (κ2) is 15.2. The van der Waals surface area contributed by atoms with Gasteiger partial charge in [-0.2, -0.15) is 5.48 Å². The number of anilines is 1. The van der Waals surface area contributed by atoms with E-state index in [-0.39, 0.29) is 46.6 Å². The number of hydrogen-bond acceptors (Lipinski definition) is 9. The normalized spacial score (nSPS) is 11.3. The molecule has 14 nitrogen and oxygen atoms in total. The van der Waals surface area contributed by atoms with E-state index in [0.717, 1.165) is 18.2 Å². The molecular weight excluding hydrogens is 616 g/mol. The highest BCUT2D eigenvalue weighted by molar-refractivity contribution is 6.11. The molecule has 1 amide bonds. The third-order valence-electron chi connectivity index (χ3n) is 6.86. The summed E-state index contributed by atoms with van der Waals surface area (Å²) >= 11 is 0. The average Bonchev–Trinajstić information content (AvgIpc) is 3.05. The molecule has 1 atom stereocenters. The molecule has 1 unspecified atom stereocenters. The molecule has 14 heteroatoms. The number of carbonyl (C=O) groups excluding carboxylic acids is 1. The van der Waals surface area contributed by atoms with Gasteiger partial charge in [0.1, 0.15) is 11.5 Å². The van der Waals surface area contributed by atoms with Crippen molar-refractivity contribution in [2.45, 2.75) is 12.5 Å². The van der Waals surface area contributed by atoms with Crippen LogP contribution < -0.4 is 20.3 Å². The van der Waals surface area contributed by atoms with Gasteiger partial charge in [0.15, 0.2) is 0 Å². The van der Waals surface area contributed by atoms with Crippen molar-refractivity contribution >= 4 is 35.5 Å². The standard InChI is InChI=1S/C33H28N2O12/c36-29(27-17-20(31(39)40)5-13-25(27)33(43)44)34-21-6-10-23(11-7-21)47-15-1-14-46-22-8-2-18(3-9-22)28(35-45)26-16-19(30(37)38)4-12-24(26)32(41)42/h2-13,16-17,28,35,45H,1,14-15H2,(H,34,36)(H,37,38)(H,39,40)(H,41,42)(H,43,44). The maximum Gasteiger partial charge on any atom is 0.336 e. The Hall–Kier alpha value is -6.25. The van der Waals surface area contributed by atoms with Gasteiger partial charge in [0.05, 0.1) is 47.1 Å². The first kappa shape index (κ1) is 33.6. The van der Waals surface area contributed by atoms with E-state index in [4.69, 9.17) is 9.47 Å². The average molecular weight is 645 g/mol. The number of benzene rings is 4. The number of amides is 1. The number of nitrogens with one attached hydrogen (secondary N) is 2. The van der Waals surface area contributed by atoms with Crippen molar-refractivity contribution in [1.29, 1.82) is 0 Å². The minimum absolute atomic E-state index is 0.0685. The Morgan fingerprint density at radius 2 is 1.11 bits per heavy atom. The Bertz CT molecular complexity index is 1800. The summed E-state index contributed by atoms with van der Waals surface area (Å²) in [5.41, 5.74) is 1.75. The molecule has 0 spiro atoms. The van der Waals surface area contributed by atoms with Gasteiger partial charge < -0.3 is 40.4 Å². The van der Waals surface area contributed by atoms with Crippen molar-refractivity contribution in [3.8, 4) is 11.5 Å². The van der Waals surface area contributed by atoms with Crippen LogP contribution in [0.15, 0.2) is 84.9 Å². The van der Waals surface area contributed by atoms with E-state index in [1.807, 2.05) is 5.48 Å². The fourth-order valence-electron chi connectivity index (χ4n) is 4.53. The van der Waals surface area contributed by atoms with Gasteiger partial charge >= 0.3 is 23.9 Å². The molecule has 4 aromatic rings. The lowest BCUT2D eigenvalue weighted by Gasteiger charge is -2.19. The zero-order valence-corrected chi connectivity index (χ0v) is 24.4. The van der Waals surface area contributed by atoms with E-state index in [1.165, 1.54) is 18.2 Å². The van der Waals surface area contributed by atoms with Gasteiger partial charge in [0, 0.05) is 12.1 Å². The highest BCUT2D eigenvalue weighted by Crippen LogP contribution is 2.28. The molecule has 0 fully saturated rings. The number of carboxylic acids is 4. The first-order valence-electron chi connectivity index (χ1n) is 13.9. The van der Waals surface area contributed by atoms with E-state index in [2.05, 4.69) is 5.32 Å². The molecule has 47 heavy (non-hydrogen) atoms. The molecule has 7 N–H and O–H groups in total. The van der Waals surface area contributed by atoms with Crippen molar-refractivity contribution in [3.63, 3.8) is 0 Å². The quantitative estimate of drug-likeness (QED) is 0.0691. The monoisotopic (exact) mass is 644 g/mol. The summed E-state index contributed by atoms with van der Waals surface area (Å²) in [6.45, 7) is 0.558. The number of carbonyl (C=O) groups is 5. The Morgan fingerprint density at radius 1 is 0.596 bits per heavy atom. The third kappa shape index (κ3) is 8.48. The molecule has 0 saturated carbocycles. The summed E-state index contributed by atoms with van der Waals surface area (Å²) in [5.74, 6) is -5.01. The summed E-state index contributed by atoms with van der Waals surface area (Å²) in [6, 6.07) is 18.4. The van der Waals surface area contributed by atoms with E-state index in [0.29, 0.717) is 29.2 Å². The highest BCUT2D eigenvalue weighted by atomic mass is 16.5. The Kier molecular flexibility index (Phi) is 10.8. The molecule has 4 rings (SSSR count). The lowest BCUT2D eigenvalue weighted by atomic mass is 9.93. The van der Waals surface area contributed by atoms with E-state index in [1.54, 1.807) is 48.5 Å². The van der Waals surface area contributed by atoms with Gasteiger partial charge in [-0.05, 0) is 83.9 Å². The van der Waals surface area contributed by atoms with Crippen LogP contribution in [0.2, 0.25) is 0 Å². The number of rotatable bonds is 15. The number of ether oxygens (including phenoxy) is 2. The van der Waals surface area contributed by atoms with Crippen LogP contribution in [-0.4, -0.2) is 68.6 Å². The van der Waals surface area contributed by atoms with Gasteiger partial charge in [-0.1, -0.05) is 12.1 Å². The summed E-state index contributed by atoms with van der Waals surface area (Å²) in [7, 11) is 0. The Balaban J connectivity index is 1.28. The Morgan fingerprint density at radius 3 is 1.62 bits per heavy atom. The van der Waals surface area contributed by atoms with Crippen molar-refractivity contribution in [3.05, 3.63) is 124 Å². The molecule has 0 aliphatic heterocycles. The molecule has 0 saturated heterocycles. The maximum atomic E-state index is 12.7. The second-order valence-electron chi connectivity index (χ2n) is 9.94. The molecule has 4 aromatic carbocycles. The van der Waals surface area contributed by atoms with Crippen LogP contribution in [-0.2, 0) is 0 Å². The molecule has 0 heterocycles. The highest BCUT2D eigenvalue weighted by Gasteiger charge is 2.23. The minimum atomic E-state index is -1.37. The SMILES string of the molecule is O=C(O)c1ccc(C(=O)O)c(C(=O)Nc2ccc(OCCCOc3ccc(C(NO)c4cc(C(=O)O)ccc4C(=O)O)cc3)cc2)c1. The largest absolute Gasteiger partial charge is 0.493 e. The van der Waals surface area contributed by atoms with Crippen molar-refractivity contribution in [2.75, 3.05) is 18.5 Å². The van der Waals surface area contributed by atoms with Crippen LogP contribution in [0.1, 0.15) is 75.4 Å². The first-order valence-corrected chi connectivity index (χ1v) is 13.9.